The molecule has 1 aromatic heterocycles. The van der Waals surface area contributed by atoms with E-state index in [1.165, 1.54) is 0 Å². The average Bonchev–Trinajstić information content (AvgIpc) is 2.27. The Morgan fingerprint density at radius 1 is 1.33 bits per heavy atom. The quantitative estimate of drug-likeness (QED) is 0.711. The van der Waals surface area contributed by atoms with Crippen LogP contribution in [0.4, 0.5) is 11.8 Å². The maximum atomic E-state index is 10.8. The number of carbonyl (C=O) groups is 1. The molecule has 2 heterocycles. The molecule has 4 N–H and O–H groups in total. The van der Waals surface area contributed by atoms with Crippen LogP contribution in [0.3, 0.4) is 0 Å². The summed E-state index contributed by atoms with van der Waals surface area (Å²) >= 11 is 0. The number of primary amides is 1. The predicted molar refractivity (Wildman–Crippen MR) is 69.0 cm³/mol. The first-order valence-corrected chi connectivity index (χ1v) is 5.91. The number of nitrogens with two attached hydrogens (primary N) is 2. The van der Waals surface area contributed by atoms with Gasteiger partial charge in [-0.2, -0.15) is 4.98 Å². The molecule has 1 aliphatic rings. The predicted octanol–water partition coefficient (Wildman–Crippen LogP) is -1.03. The second-order valence-corrected chi connectivity index (χ2v) is 4.46. The van der Waals surface area contributed by atoms with E-state index in [4.69, 9.17) is 11.5 Å². The van der Waals surface area contributed by atoms with Crippen LogP contribution in [0.15, 0.2) is 6.07 Å². The number of hydrogen-bond donors (Lipinski definition) is 2. The maximum Gasteiger partial charge on any atom is 0.231 e. The van der Waals surface area contributed by atoms with Gasteiger partial charge in [-0.1, -0.05) is 0 Å². The van der Waals surface area contributed by atoms with Crippen LogP contribution in [0.5, 0.6) is 0 Å². The molecule has 0 unspecified atom stereocenters. The van der Waals surface area contributed by atoms with E-state index >= 15 is 0 Å². The maximum absolute atomic E-state index is 10.8. The molecule has 1 saturated heterocycles. The summed E-state index contributed by atoms with van der Waals surface area (Å²) in [6, 6.07) is 1.92. The van der Waals surface area contributed by atoms with E-state index in [9.17, 15) is 4.79 Å². The summed E-state index contributed by atoms with van der Waals surface area (Å²) in [4.78, 5) is 23.3. The zero-order valence-electron chi connectivity index (χ0n) is 10.5. The van der Waals surface area contributed by atoms with Crippen LogP contribution in [0, 0.1) is 6.92 Å². The van der Waals surface area contributed by atoms with Crippen LogP contribution in [0.2, 0.25) is 0 Å². The van der Waals surface area contributed by atoms with Crippen molar-refractivity contribution >= 4 is 17.7 Å². The molecule has 1 fully saturated rings. The number of amides is 1. The van der Waals surface area contributed by atoms with Gasteiger partial charge in [0, 0.05) is 37.9 Å². The summed E-state index contributed by atoms with van der Waals surface area (Å²) < 4.78 is 0. The van der Waals surface area contributed by atoms with Gasteiger partial charge in [-0.3, -0.25) is 9.69 Å². The SMILES string of the molecule is Cc1cc(N2CCN(CC(N)=O)CC2)nc(N)n1. The Morgan fingerprint density at radius 2 is 2.00 bits per heavy atom. The fourth-order valence-electron chi connectivity index (χ4n) is 2.09. The smallest absolute Gasteiger partial charge is 0.231 e. The number of aryl methyl sites for hydroxylation is 1. The topological polar surface area (TPSA) is 101 Å². The summed E-state index contributed by atoms with van der Waals surface area (Å²) in [5, 5.41) is 0. The molecular weight excluding hydrogens is 232 g/mol. The zero-order chi connectivity index (χ0) is 13.1. The molecule has 0 bridgehead atoms. The van der Waals surface area contributed by atoms with Crippen molar-refractivity contribution < 1.29 is 4.79 Å². The Labute approximate surface area is 106 Å². The van der Waals surface area contributed by atoms with E-state index < -0.39 is 0 Å². The molecule has 1 aliphatic heterocycles. The van der Waals surface area contributed by atoms with Crippen molar-refractivity contribution in [3.8, 4) is 0 Å². The Balaban J connectivity index is 1.98. The Kier molecular flexibility index (Phi) is 3.61. The van der Waals surface area contributed by atoms with E-state index in [1.807, 2.05) is 17.9 Å². The molecule has 0 radical (unpaired) electrons. The first kappa shape index (κ1) is 12.6. The van der Waals surface area contributed by atoms with Gasteiger partial charge in [0.05, 0.1) is 6.54 Å². The molecule has 0 aromatic carbocycles. The van der Waals surface area contributed by atoms with Crippen molar-refractivity contribution in [2.24, 2.45) is 5.73 Å². The number of nitrogens with zero attached hydrogens (tertiary/aromatic N) is 4. The van der Waals surface area contributed by atoms with Crippen molar-refractivity contribution in [3.05, 3.63) is 11.8 Å². The molecule has 98 valence electrons. The number of nitrogen functional groups attached to an aromatic ring is 1. The Hall–Kier alpha value is -1.89. The fourth-order valence-corrected chi connectivity index (χ4v) is 2.09. The van der Waals surface area contributed by atoms with E-state index in [-0.39, 0.29) is 5.91 Å². The molecule has 1 aromatic rings. The van der Waals surface area contributed by atoms with Gasteiger partial charge in [-0.05, 0) is 6.92 Å². The molecular formula is C11H18N6O. The number of anilines is 2. The second-order valence-electron chi connectivity index (χ2n) is 4.46. The molecule has 0 spiro atoms. The van der Waals surface area contributed by atoms with Gasteiger partial charge in [-0.15, -0.1) is 0 Å². The lowest BCUT2D eigenvalue weighted by Crippen LogP contribution is -2.49. The molecule has 0 atom stereocenters. The number of carbonyl (C=O) groups excluding carboxylic acids is 1. The van der Waals surface area contributed by atoms with Gasteiger partial charge in [0.15, 0.2) is 0 Å². The number of hydrogen-bond acceptors (Lipinski definition) is 6. The van der Waals surface area contributed by atoms with Crippen molar-refractivity contribution in [3.63, 3.8) is 0 Å². The molecule has 7 heteroatoms. The lowest BCUT2D eigenvalue weighted by molar-refractivity contribution is -0.119. The monoisotopic (exact) mass is 250 g/mol. The Morgan fingerprint density at radius 3 is 2.56 bits per heavy atom. The zero-order valence-corrected chi connectivity index (χ0v) is 10.5. The van der Waals surface area contributed by atoms with Crippen molar-refractivity contribution in [1.29, 1.82) is 0 Å². The third-order valence-corrected chi connectivity index (χ3v) is 2.93. The fraction of sp³-hybridized carbons (Fsp3) is 0.545. The summed E-state index contributed by atoms with van der Waals surface area (Å²) in [7, 11) is 0. The summed E-state index contributed by atoms with van der Waals surface area (Å²) in [5.41, 5.74) is 11.7. The van der Waals surface area contributed by atoms with Crippen LogP contribution in [-0.2, 0) is 4.79 Å². The van der Waals surface area contributed by atoms with Gasteiger partial charge in [0.1, 0.15) is 5.82 Å². The van der Waals surface area contributed by atoms with Crippen LogP contribution < -0.4 is 16.4 Å². The molecule has 7 nitrogen and oxygen atoms in total. The normalized spacial score (nSPS) is 16.8. The van der Waals surface area contributed by atoms with Gasteiger partial charge in [0.25, 0.3) is 0 Å². The molecule has 18 heavy (non-hydrogen) atoms. The van der Waals surface area contributed by atoms with Crippen LogP contribution in [0.25, 0.3) is 0 Å². The molecule has 0 aliphatic carbocycles. The van der Waals surface area contributed by atoms with Gasteiger partial charge in [0.2, 0.25) is 11.9 Å². The summed E-state index contributed by atoms with van der Waals surface area (Å²) in [6.45, 7) is 5.42. The standard InChI is InChI=1S/C11H18N6O/c1-8-6-10(15-11(13)14-8)17-4-2-16(3-5-17)7-9(12)18/h6H,2-5,7H2,1H3,(H2,12,18)(H2,13,14,15). The first-order valence-electron chi connectivity index (χ1n) is 5.91. The van der Waals surface area contributed by atoms with Crippen LogP contribution >= 0.6 is 0 Å². The minimum Gasteiger partial charge on any atom is -0.369 e. The largest absolute Gasteiger partial charge is 0.369 e. The molecule has 2 rings (SSSR count). The first-order chi connectivity index (χ1) is 8.54. The van der Waals surface area contributed by atoms with E-state index in [2.05, 4.69) is 14.9 Å². The second kappa shape index (κ2) is 5.18. The van der Waals surface area contributed by atoms with Crippen molar-refractivity contribution in [1.82, 2.24) is 14.9 Å². The lowest BCUT2D eigenvalue weighted by atomic mass is 10.3. The van der Waals surface area contributed by atoms with E-state index in [0.717, 1.165) is 37.7 Å². The van der Waals surface area contributed by atoms with Crippen molar-refractivity contribution in [2.75, 3.05) is 43.4 Å². The van der Waals surface area contributed by atoms with Crippen LogP contribution in [0.1, 0.15) is 5.69 Å². The molecule has 1 amide bonds. The average molecular weight is 250 g/mol. The highest BCUT2D eigenvalue weighted by atomic mass is 16.1. The van der Waals surface area contributed by atoms with Gasteiger partial charge in [-0.25, -0.2) is 4.98 Å². The van der Waals surface area contributed by atoms with E-state index in [0.29, 0.717) is 12.5 Å². The van der Waals surface area contributed by atoms with E-state index in [1.54, 1.807) is 0 Å². The summed E-state index contributed by atoms with van der Waals surface area (Å²) in [6.07, 6.45) is 0. The number of aromatic nitrogens is 2. The van der Waals surface area contributed by atoms with Gasteiger partial charge < -0.3 is 16.4 Å². The number of rotatable bonds is 3. The van der Waals surface area contributed by atoms with Crippen LogP contribution in [-0.4, -0.2) is 53.5 Å². The minimum absolute atomic E-state index is 0.287. The highest BCUT2D eigenvalue weighted by Crippen LogP contribution is 2.15. The molecule has 0 saturated carbocycles. The lowest BCUT2D eigenvalue weighted by Gasteiger charge is -2.34. The third-order valence-electron chi connectivity index (χ3n) is 2.93. The van der Waals surface area contributed by atoms with Crippen molar-refractivity contribution in [2.45, 2.75) is 6.92 Å². The summed E-state index contributed by atoms with van der Waals surface area (Å²) in [5.74, 6) is 0.855. The Bertz CT molecular complexity index is 421. The minimum atomic E-state index is -0.287. The van der Waals surface area contributed by atoms with Gasteiger partial charge >= 0.3 is 0 Å². The third kappa shape index (κ3) is 3.07. The highest BCUT2D eigenvalue weighted by Gasteiger charge is 2.19. The number of piperazine rings is 1. The highest BCUT2D eigenvalue weighted by molar-refractivity contribution is 5.75.